The van der Waals surface area contributed by atoms with E-state index in [0.29, 0.717) is 6.42 Å². The third-order valence-electron chi connectivity index (χ3n) is 3.27. The van der Waals surface area contributed by atoms with Crippen molar-refractivity contribution < 1.29 is 23.9 Å². The molecule has 0 saturated carbocycles. The third kappa shape index (κ3) is 5.28. The predicted octanol–water partition coefficient (Wildman–Crippen LogP) is 1.83. The maximum absolute atomic E-state index is 11.9. The van der Waals surface area contributed by atoms with E-state index in [2.05, 4.69) is 5.32 Å². The highest BCUT2D eigenvalue weighted by molar-refractivity contribution is 8.00. The Balaban J connectivity index is 1.70. The first-order chi connectivity index (χ1) is 11.0. The number of esters is 2. The number of thioether (sulfide) groups is 1. The molecule has 6 nitrogen and oxygen atoms in total. The van der Waals surface area contributed by atoms with Gasteiger partial charge < -0.3 is 14.8 Å². The van der Waals surface area contributed by atoms with Gasteiger partial charge in [-0.15, -0.1) is 11.8 Å². The monoisotopic (exact) mass is 337 g/mol. The van der Waals surface area contributed by atoms with Crippen LogP contribution in [0, 0.1) is 13.8 Å². The fourth-order valence-electron chi connectivity index (χ4n) is 2.14. The van der Waals surface area contributed by atoms with Gasteiger partial charge in [-0.2, -0.15) is 0 Å². The molecule has 1 amide bonds. The second-order valence-corrected chi connectivity index (χ2v) is 6.28. The first-order valence-electron chi connectivity index (χ1n) is 7.26. The molecule has 1 heterocycles. The number of amides is 1. The number of ether oxygens (including phenoxy) is 2. The average Bonchev–Trinajstić information content (AvgIpc) is 2.87. The molecule has 0 unspecified atom stereocenters. The molecular formula is C16H19NO5S. The number of hydrogen-bond acceptors (Lipinski definition) is 6. The van der Waals surface area contributed by atoms with Crippen molar-refractivity contribution in [3.63, 3.8) is 0 Å². The van der Waals surface area contributed by atoms with E-state index in [1.165, 1.54) is 0 Å². The van der Waals surface area contributed by atoms with Gasteiger partial charge >= 0.3 is 11.9 Å². The fourth-order valence-corrected chi connectivity index (χ4v) is 2.74. The Morgan fingerprint density at radius 1 is 1.35 bits per heavy atom. The standard InChI is InChI=1S/C16H19NO5S/c1-10-3-4-12(11(2)7-10)17-14(18)8-23-9-15(19)22-13-5-6-21-16(13)20/h3-4,7,13H,5-6,8-9H2,1-2H3,(H,17,18)/t13-/m0/s1. The zero-order valence-electron chi connectivity index (χ0n) is 13.1. The van der Waals surface area contributed by atoms with E-state index in [9.17, 15) is 14.4 Å². The van der Waals surface area contributed by atoms with E-state index in [1.807, 2.05) is 32.0 Å². The summed E-state index contributed by atoms with van der Waals surface area (Å²) in [6.07, 6.45) is -0.408. The minimum Gasteiger partial charge on any atom is -0.463 e. The van der Waals surface area contributed by atoms with Crippen LogP contribution in [0.4, 0.5) is 5.69 Å². The summed E-state index contributed by atoms with van der Waals surface area (Å²) in [4.78, 5) is 34.6. The maximum atomic E-state index is 11.9. The Labute approximate surface area is 138 Å². The van der Waals surface area contributed by atoms with Gasteiger partial charge in [0.05, 0.1) is 18.1 Å². The van der Waals surface area contributed by atoms with Crippen LogP contribution >= 0.6 is 11.8 Å². The van der Waals surface area contributed by atoms with Crippen LogP contribution in [0.15, 0.2) is 18.2 Å². The van der Waals surface area contributed by atoms with Crippen LogP contribution in [0.5, 0.6) is 0 Å². The highest BCUT2D eigenvalue weighted by atomic mass is 32.2. The third-order valence-corrected chi connectivity index (χ3v) is 4.18. The molecule has 0 aromatic heterocycles. The van der Waals surface area contributed by atoms with Crippen molar-refractivity contribution in [1.29, 1.82) is 0 Å². The van der Waals surface area contributed by atoms with Crippen LogP contribution in [0.25, 0.3) is 0 Å². The zero-order chi connectivity index (χ0) is 16.8. The summed E-state index contributed by atoms with van der Waals surface area (Å²) < 4.78 is 9.70. The zero-order valence-corrected chi connectivity index (χ0v) is 13.9. The van der Waals surface area contributed by atoms with E-state index < -0.39 is 18.0 Å². The van der Waals surface area contributed by atoms with E-state index in [0.717, 1.165) is 28.6 Å². The van der Waals surface area contributed by atoms with Crippen LogP contribution in [-0.2, 0) is 23.9 Å². The van der Waals surface area contributed by atoms with Crippen molar-refractivity contribution in [2.75, 3.05) is 23.4 Å². The molecule has 23 heavy (non-hydrogen) atoms. The molecule has 1 aliphatic rings. The number of carbonyl (C=O) groups is 3. The van der Waals surface area contributed by atoms with E-state index in [4.69, 9.17) is 9.47 Å². The van der Waals surface area contributed by atoms with Gasteiger partial charge in [0.25, 0.3) is 0 Å². The lowest BCUT2D eigenvalue weighted by molar-refractivity contribution is -0.158. The Morgan fingerprint density at radius 2 is 2.13 bits per heavy atom. The summed E-state index contributed by atoms with van der Waals surface area (Å²) >= 11 is 1.14. The van der Waals surface area contributed by atoms with Gasteiger partial charge in [0, 0.05) is 12.1 Å². The molecule has 0 bridgehead atoms. The van der Waals surface area contributed by atoms with Gasteiger partial charge in [0.15, 0.2) is 0 Å². The summed E-state index contributed by atoms with van der Waals surface area (Å²) in [5.41, 5.74) is 2.88. The average molecular weight is 337 g/mol. The maximum Gasteiger partial charge on any atom is 0.347 e. The van der Waals surface area contributed by atoms with Crippen molar-refractivity contribution in [3.8, 4) is 0 Å². The van der Waals surface area contributed by atoms with E-state index >= 15 is 0 Å². The molecule has 2 rings (SSSR count). The Kier molecular flexibility index (Phi) is 6.04. The highest BCUT2D eigenvalue weighted by Gasteiger charge is 2.29. The van der Waals surface area contributed by atoms with Crippen molar-refractivity contribution >= 4 is 35.3 Å². The molecule has 7 heteroatoms. The first kappa shape index (κ1) is 17.3. The quantitative estimate of drug-likeness (QED) is 0.798. The molecule has 1 saturated heterocycles. The lowest BCUT2D eigenvalue weighted by Crippen LogP contribution is -2.24. The van der Waals surface area contributed by atoms with Crippen molar-refractivity contribution in [1.82, 2.24) is 0 Å². The smallest absolute Gasteiger partial charge is 0.347 e. The minimum atomic E-state index is -0.799. The Hall–Kier alpha value is -2.02. The van der Waals surface area contributed by atoms with Gasteiger partial charge in [-0.1, -0.05) is 17.7 Å². The minimum absolute atomic E-state index is 0.0179. The van der Waals surface area contributed by atoms with Gasteiger partial charge in [0.1, 0.15) is 0 Å². The van der Waals surface area contributed by atoms with Crippen molar-refractivity contribution in [2.45, 2.75) is 26.4 Å². The van der Waals surface area contributed by atoms with E-state index in [-0.39, 0.29) is 24.0 Å². The number of nitrogens with one attached hydrogen (secondary N) is 1. The second-order valence-electron chi connectivity index (χ2n) is 5.29. The number of benzene rings is 1. The highest BCUT2D eigenvalue weighted by Crippen LogP contribution is 2.17. The molecule has 1 aliphatic heterocycles. The Morgan fingerprint density at radius 3 is 2.78 bits per heavy atom. The van der Waals surface area contributed by atoms with Gasteiger partial charge in [-0.3, -0.25) is 9.59 Å². The predicted molar refractivity (Wildman–Crippen MR) is 87.3 cm³/mol. The first-order valence-corrected chi connectivity index (χ1v) is 8.42. The molecule has 0 aliphatic carbocycles. The van der Waals surface area contributed by atoms with Gasteiger partial charge in [0.2, 0.25) is 12.0 Å². The fraction of sp³-hybridized carbons (Fsp3) is 0.438. The number of rotatable bonds is 6. The number of cyclic esters (lactones) is 1. The Bertz CT molecular complexity index is 616. The van der Waals surface area contributed by atoms with Crippen LogP contribution in [0.3, 0.4) is 0 Å². The largest absolute Gasteiger partial charge is 0.463 e. The SMILES string of the molecule is Cc1ccc(NC(=O)CSCC(=O)O[C@H]2CCOC2=O)c(C)c1. The normalized spacial score (nSPS) is 16.8. The molecule has 124 valence electrons. The van der Waals surface area contributed by atoms with Gasteiger partial charge in [-0.25, -0.2) is 4.79 Å². The molecule has 1 N–H and O–H groups in total. The molecule has 0 radical (unpaired) electrons. The summed E-state index contributed by atoms with van der Waals surface area (Å²) in [5, 5.41) is 2.81. The molecule has 1 aromatic rings. The van der Waals surface area contributed by atoms with Crippen LogP contribution in [0.1, 0.15) is 17.5 Å². The van der Waals surface area contributed by atoms with Gasteiger partial charge in [-0.05, 0) is 25.5 Å². The van der Waals surface area contributed by atoms with E-state index in [1.54, 1.807) is 0 Å². The molecule has 0 spiro atoms. The second kappa shape index (κ2) is 8.01. The van der Waals surface area contributed by atoms with Crippen LogP contribution < -0.4 is 5.32 Å². The summed E-state index contributed by atoms with van der Waals surface area (Å²) in [7, 11) is 0. The summed E-state index contributed by atoms with van der Waals surface area (Å²) in [6.45, 7) is 4.19. The number of hydrogen-bond donors (Lipinski definition) is 1. The van der Waals surface area contributed by atoms with Crippen LogP contribution in [-0.4, -0.2) is 42.1 Å². The lowest BCUT2D eigenvalue weighted by Gasteiger charge is -2.10. The summed E-state index contributed by atoms with van der Waals surface area (Å²) in [5.74, 6) is -1.05. The topological polar surface area (TPSA) is 81.7 Å². The number of anilines is 1. The molecule has 1 aromatic carbocycles. The molecule has 1 atom stereocenters. The lowest BCUT2D eigenvalue weighted by atomic mass is 10.1. The number of carbonyl (C=O) groups excluding carboxylic acids is 3. The molecular weight excluding hydrogens is 318 g/mol. The van der Waals surface area contributed by atoms with Crippen LogP contribution in [0.2, 0.25) is 0 Å². The summed E-state index contributed by atoms with van der Waals surface area (Å²) in [6, 6.07) is 5.77. The van der Waals surface area contributed by atoms with Crippen molar-refractivity contribution in [2.24, 2.45) is 0 Å². The molecule has 1 fully saturated rings. The number of aryl methyl sites for hydroxylation is 2. The van der Waals surface area contributed by atoms with Crippen molar-refractivity contribution in [3.05, 3.63) is 29.3 Å².